The molecular weight excluding hydrogens is 166 g/mol. The summed E-state index contributed by atoms with van der Waals surface area (Å²) >= 11 is 0. The average molecular weight is 181 g/mol. The molecule has 0 saturated carbocycles. The summed E-state index contributed by atoms with van der Waals surface area (Å²) in [5, 5.41) is 10.3. The third-order valence-electron chi connectivity index (χ3n) is 1.64. The molecule has 0 radical (unpaired) electrons. The minimum absolute atomic E-state index is 0.107. The fourth-order valence-corrected chi connectivity index (χ4v) is 0.814. The van der Waals surface area contributed by atoms with Gasteiger partial charge >= 0.3 is 0 Å². The van der Waals surface area contributed by atoms with E-state index in [2.05, 4.69) is 13.2 Å². The van der Waals surface area contributed by atoms with Gasteiger partial charge in [0, 0.05) is 6.08 Å². The molecule has 3 nitrogen and oxygen atoms in total. The van der Waals surface area contributed by atoms with Gasteiger partial charge in [-0.1, -0.05) is 33.4 Å². The summed E-state index contributed by atoms with van der Waals surface area (Å²) in [5.41, 5.74) is 0.569. The smallest absolute Gasteiger partial charge is 0.258 e. The van der Waals surface area contributed by atoms with E-state index < -0.39 is 4.92 Å². The summed E-state index contributed by atoms with van der Waals surface area (Å²) in [6.45, 7) is 12.8. The van der Waals surface area contributed by atoms with E-state index in [1.54, 1.807) is 6.08 Å². The Labute approximate surface area is 78.6 Å². The summed E-state index contributed by atoms with van der Waals surface area (Å²) in [6, 6.07) is 0. The highest BCUT2D eigenvalue weighted by molar-refractivity contribution is 5.28. The molecule has 0 rings (SSSR count). The fraction of sp³-hybridized carbons (Fsp3) is 0.400. The van der Waals surface area contributed by atoms with E-state index in [1.807, 2.05) is 20.8 Å². The van der Waals surface area contributed by atoms with Crippen LogP contribution >= 0.6 is 0 Å². The molecule has 13 heavy (non-hydrogen) atoms. The van der Waals surface area contributed by atoms with Gasteiger partial charge in [-0.2, -0.15) is 0 Å². The van der Waals surface area contributed by atoms with E-state index in [1.165, 1.54) is 6.08 Å². The van der Waals surface area contributed by atoms with Crippen molar-refractivity contribution < 1.29 is 4.92 Å². The van der Waals surface area contributed by atoms with Crippen molar-refractivity contribution in [3.8, 4) is 0 Å². The number of nitrogens with zero attached hydrogens (tertiary/aromatic N) is 1. The minimum atomic E-state index is -0.505. The molecule has 0 aromatic heterocycles. The highest BCUT2D eigenvalue weighted by atomic mass is 16.6. The van der Waals surface area contributed by atoms with Crippen molar-refractivity contribution in [2.45, 2.75) is 20.8 Å². The van der Waals surface area contributed by atoms with Crippen LogP contribution in [0.4, 0.5) is 0 Å². The number of rotatable bonds is 3. The molecule has 0 atom stereocenters. The number of hydrogen-bond donors (Lipinski definition) is 0. The Balaban J connectivity index is 4.89. The molecule has 0 aromatic rings. The van der Waals surface area contributed by atoms with Crippen LogP contribution in [0.5, 0.6) is 0 Å². The highest BCUT2D eigenvalue weighted by Crippen LogP contribution is 2.26. The second-order valence-electron chi connectivity index (χ2n) is 3.80. The summed E-state index contributed by atoms with van der Waals surface area (Å²) in [4.78, 5) is 9.80. The predicted octanol–water partition coefficient (Wildman–Crippen LogP) is 2.94. The van der Waals surface area contributed by atoms with Crippen molar-refractivity contribution in [1.82, 2.24) is 0 Å². The molecular formula is C10H15NO2. The van der Waals surface area contributed by atoms with Crippen LogP contribution in [-0.2, 0) is 0 Å². The maximum Gasteiger partial charge on any atom is 0.262 e. The van der Waals surface area contributed by atoms with Gasteiger partial charge in [0.25, 0.3) is 5.70 Å². The van der Waals surface area contributed by atoms with Crippen LogP contribution in [0.25, 0.3) is 0 Å². The van der Waals surface area contributed by atoms with Gasteiger partial charge in [-0.3, -0.25) is 10.1 Å². The molecule has 3 heteroatoms. The summed E-state index contributed by atoms with van der Waals surface area (Å²) in [6.07, 6.45) is 3.07. The summed E-state index contributed by atoms with van der Waals surface area (Å²) in [7, 11) is 0. The summed E-state index contributed by atoms with van der Waals surface area (Å²) < 4.78 is 0. The van der Waals surface area contributed by atoms with Crippen molar-refractivity contribution in [2.75, 3.05) is 0 Å². The highest BCUT2D eigenvalue weighted by Gasteiger charge is 2.16. The van der Waals surface area contributed by atoms with E-state index in [9.17, 15) is 10.1 Å². The zero-order valence-corrected chi connectivity index (χ0v) is 8.33. The first-order valence-corrected chi connectivity index (χ1v) is 3.97. The van der Waals surface area contributed by atoms with Gasteiger partial charge in [-0.05, 0) is 17.6 Å². The predicted molar refractivity (Wildman–Crippen MR) is 53.9 cm³/mol. The average Bonchev–Trinajstić information content (AvgIpc) is 1.96. The van der Waals surface area contributed by atoms with Crippen molar-refractivity contribution in [3.05, 3.63) is 46.7 Å². The first-order chi connectivity index (χ1) is 5.79. The Hall–Kier alpha value is -1.38. The van der Waals surface area contributed by atoms with Crippen LogP contribution in [0.15, 0.2) is 36.6 Å². The minimum Gasteiger partial charge on any atom is -0.258 e. The number of hydrogen-bond acceptors (Lipinski definition) is 2. The van der Waals surface area contributed by atoms with Crippen LogP contribution in [0.1, 0.15) is 20.8 Å². The standard InChI is InChI=1S/C10H15NO2/c1-6-9(10(3,4)5)7-8(2)11(12)13/h6-7H,1-2H2,3-5H3/b9-7+. The molecule has 0 aliphatic carbocycles. The third-order valence-corrected chi connectivity index (χ3v) is 1.64. The Morgan fingerprint density at radius 2 is 1.92 bits per heavy atom. The second kappa shape index (κ2) is 4.03. The molecule has 0 N–H and O–H groups in total. The lowest BCUT2D eigenvalue weighted by molar-refractivity contribution is -0.418. The van der Waals surface area contributed by atoms with Crippen LogP contribution in [0.3, 0.4) is 0 Å². The quantitative estimate of drug-likeness (QED) is 0.381. The normalized spacial score (nSPS) is 12.4. The van der Waals surface area contributed by atoms with Crippen molar-refractivity contribution >= 4 is 0 Å². The number of nitro groups is 1. The number of allylic oxidation sites excluding steroid dienone is 3. The Kier molecular flexibility index (Phi) is 3.60. The molecule has 72 valence electrons. The van der Waals surface area contributed by atoms with Gasteiger partial charge < -0.3 is 0 Å². The van der Waals surface area contributed by atoms with E-state index in [-0.39, 0.29) is 11.1 Å². The van der Waals surface area contributed by atoms with E-state index in [0.29, 0.717) is 0 Å². The van der Waals surface area contributed by atoms with Gasteiger partial charge in [0.2, 0.25) is 0 Å². The second-order valence-corrected chi connectivity index (χ2v) is 3.80. The van der Waals surface area contributed by atoms with E-state index in [0.717, 1.165) is 5.57 Å². The van der Waals surface area contributed by atoms with E-state index in [4.69, 9.17) is 0 Å². The molecule has 0 spiro atoms. The lowest BCUT2D eigenvalue weighted by Gasteiger charge is -2.19. The van der Waals surface area contributed by atoms with Crippen LogP contribution in [0.2, 0.25) is 0 Å². The van der Waals surface area contributed by atoms with E-state index >= 15 is 0 Å². The molecule has 0 saturated heterocycles. The SMILES string of the molecule is C=C/C(=C\C(=C)[N+](=O)[O-])C(C)(C)C. The summed E-state index contributed by atoms with van der Waals surface area (Å²) in [5.74, 6) is 0. The lowest BCUT2D eigenvalue weighted by atomic mass is 9.86. The van der Waals surface area contributed by atoms with Crippen molar-refractivity contribution in [1.29, 1.82) is 0 Å². The van der Waals surface area contributed by atoms with Crippen molar-refractivity contribution in [2.24, 2.45) is 5.41 Å². The van der Waals surface area contributed by atoms with Gasteiger partial charge in [-0.15, -0.1) is 0 Å². The maximum absolute atomic E-state index is 10.3. The fourth-order valence-electron chi connectivity index (χ4n) is 0.814. The topological polar surface area (TPSA) is 43.1 Å². The Morgan fingerprint density at radius 3 is 2.15 bits per heavy atom. The molecule has 0 aliphatic heterocycles. The Morgan fingerprint density at radius 1 is 1.46 bits per heavy atom. The maximum atomic E-state index is 10.3. The van der Waals surface area contributed by atoms with Crippen LogP contribution < -0.4 is 0 Å². The molecule has 0 aliphatic rings. The molecule has 0 fully saturated rings. The molecule has 0 heterocycles. The third kappa shape index (κ3) is 3.69. The first-order valence-electron chi connectivity index (χ1n) is 3.97. The monoisotopic (exact) mass is 181 g/mol. The molecule has 0 amide bonds. The molecule has 0 unspecified atom stereocenters. The zero-order valence-electron chi connectivity index (χ0n) is 8.33. The van der Waals surface area contributed by atoms with Crippen molar-refractivity contribution in [3.63, 3.8) is 0 Å². The molecule has 0 bridgehead atoms. The largest absolute Gasteiger partial charge is 0.262 e. The van der Waals surface area contributed by atoms with Gasteiger partial charge in [0.05, 0.1) is 4.92 Å². The van der Waals surface area contributed by atoms with Crippen LogP contribution in [-0.4, -0.2) is 4.92 Å². The zero-order chi connectivity index (χ0) is 10.6. The molecule has 0 aromatic carbocycles. The van der Waals surface area contributed by atoms with Gasteiger partial charge in [0.1, 0.15) is 0 Å². The van der Waals surface area contributed by atoms with Gasteiger partial charge in [0.15, 0.2) is 0 Å². The Bertz CT molecular complexity index is 269. The first kappa shape index (κ1) is 11.6. The van der Waals surface area contributed by atoms with Gasteiger partial charge in [-0.25, -0.2) is 0 Å². The lowest BCUT2D eigenvalue weighted by Crippen LogP contribution is -2.08. The van der Waals surface area contributed by atoms with Crippen LogP contribution in [0, 0.1) is 15.5 Å².